The fourth-order valence-corrected chi connectivity index (χ4v) is 5.68. The van der Waals surface area contributed by atoms with E-state index in [1.807, 2.05) is 51.7 Å². The van der Waals surface area contributed by atoms with Crippen molar-refractivity contribution in [2.75, 3.05) is 18.0 Å². The van der Waals surface area contributed by atoms with Crippen molar-refractivity contribution in [2.24, 2.45) is 0 Å². The monoisotopic (exact) mass is 566 g/mol. The summed E-state index contributed by atoms with van der Waals surface area (Å²) >= 11 is 0. The van der Waals surface area contributed by atoms with Crippen LogP contribution in [-0.2, 0) is 4.79 Å². The fraction of sp³-hybridized carbons (Fsp3) is 0.312. The summed E-state index contributed by atoms with van der Waals surface area (Å²) < 4.78 is 1.50. The standard InChI is InChI=1S/C32H34N6O4/c1-7-26(39)36-16-21(6)37(17-20(36)5)29-24-12-13-25(22-10-8-9-11-23(22)31(40)41)34-30(24)38(32(42)35-29)28-19(4)14-15-33-27(28)18(2)3/h7-15,18,20-21H,1,16-17H2,2-6H3,(H,40,41)/t20-,21+/m1/s1. The second kappa shape index (κ2) is 11.2. The molecule has 1 fully saturated rings. The van der Waals surface area contributed by atoms with E-state index in [9.17, 15) is 19.5 Å². The number of amides is 1. The highest BCUT2D eigenvalue weighted by Gasteiger charge is 2.33. The van der Waals surface area contributed by atoms with Gasteiger partial charge in [0.2, 0.25) is 5.91 Å². The minimum absolute atomic E-state index is 0.00814. The number of nitrogens with zero attached hydrogens (tertiary/aromatic N) is 6. The van der Waals surface area contributed by atoms with Crippen LogP contribution in [0.15, 0.2) is 66.1 Å². The molecule has 1 amide bonds. The Labute approximate surface area is 244 Å². The van der Waals surface area contributed by atoms with Crippen LogP contribution in [0.1, 0.15) is 55.2 Å². The molecule has 1 saturated heterocycles. The third kappa shape index (κ3) is 4.93. The zero-order chi connectivity index (χ0) is 30.3. The fourth-order valence-electron chi connectivity index (χ4n) is 5.68. The van der Waals surface area contributed by atoms with E-state index in [0.29, 0.717) is 46.9 Å². The molecule has 42 heavy (non-hydrogen) atoms. The Morgan fingerprint density at radius 2 is 1.79 bits per heavy atom. The van der Waals surface area contributed by atoms with E-state index in [-0.39, 0.29) is 29.5 Å². The van der Waals surface area contributed by atoms with Crippen molar-refractivity contribution in [1.82, 2.24) is 24.4 Å². The first-order chi connectivity index (χ1) is 20.0. The Bertz CT molecular complexity index is 1780. The van der Waals surface area contributed by atoms with Crippen LogP contribution in [0.3, 0.4) is 0 Å². The summed E-state index contributed by atoms with van der Waals surface area (Å²) in [7, 11) is 0. The van der Waals surface area contributed by atoms with Gasteiger partial charge < -0.3 is 14.9 Å². The third-order valence-corrected chi connectivity index (χ3v) is 7.79. The summed E-state index contributed by atoms with van der Waals surface area (Å²) in [5.74, 6) is -0.734. The summed E-state index contributed by atoms with van der Waals surface area (Å²) in [5.41, 5.74) is 2.98. The highest BCUT2D eigenvalue weighted by Crippen LogP contribution is 2.33. The molecule has 5 rings (SSSR count). The van der Waals surface area contributed by atoms with Gasteiger partial charge in [-0.2, -0.15) is 4.98 Å². The number of carboxylic acids is 1. The lowest BCUT2D eigenvalue weighted by Crippen LogP contribution is -2.58. The Morgan fingerprint density at radius 3 is 2.48 bits per heavy atom. The highest BCUT2D eigenvalue weighted by molar-refractivity contribution is 5.97. The Balaban J connectivity index is 1.80. The number of pyridine rings is 2. The second-order valence-electron chi connectivity index (χ2n) is 11.0. The van der Waals surface area contributed by atoms with Crippen LogP contribution in [0.4, 0.5) is 5.82 Å². The van der Waals surface area contributed by atoms with Crippen molar-refractivity contribution in [3.63, 3.8) is 0 Å². The quantitative estimate of drug-likeness (QED) is 0.337. The molecule has 216 valence electrons. The van der Waals surface area contributed by atoms with Crippen LogP contribution < -0.4 is 10.6 Å². The van der Waals surface area contributed by atoms with Crippen LogP contribution >= 0.6 is 0 Å². The molecular formula is C32H34N6O4. The lowest BCUT2D eigenvalue weighted by molar-refractivity contribution is -0.128. The SMILES string of the molecule is C=CC(=O)N1C[C@H](C)N(c2nc(=O)n(-c3c(C)ccnc3C(C)C)c3nc(-c4ccccc4C(=O)O)ccc23)C[C@H]1C. The largest absolute Gasteiger partial charge is 0.478 e. The number of aromatic carboxylic acids is 1. The molecule has 4 aromatic rings. The number of anilines is 1. The maximum atomic E-state index is 14.0. The third-order valence-electron chi connectivity index (χ3n) is 7.79. The first-order valence-electron chi connectivity index (χ1n) is 14.0. The van der Waals surface area contributed by atoms with Gasteiger partial charge in [0.25, 0.3) is 0 Å². The molecule has 10 heteroatoms. The minimum atomic E-state index is -1.07. The van der Waals surface area contributed by atoms with Crippen molar-refractivity contribution < 1.29 is 14.7 Å². The van der Waals surface area contributed by atoms with Gasteiger partial charge in [-0.15, -0.1) is 0 Å². The summed E-state index contributed by atoms with van der Waals surface area (Å²) in [6.45, 7) is 14.4. The number of fused-ring (bicyclic) bond motifs is 1. The van der Waals surface area contributed by atoms with E-state index in [4.69, 9.17) is 4.98 Å². The molecule has 0 unspecified atom stereocenters. The lowest BCUT2D eigenvalue weighted by atomic mass is 10.0. The zero-order valence-electron chi connectivity index (χ0n) is 24.4. The molecule has 1 aromatic carbocycles. The van der Waals surface area contributed by atoms with Crippen molar-refractivity contribution in [2.45, 2.75) is 52.6 Å². The van der Waals surface area contributed by atoms with E-state index in [2.05, 4.69) is 16.5 Å². The molecule has 0 bridgehead atoms. The average Bonchev–Trinajstić information content (AvgIpc) is 2.97. The van der Waals surface area contributed by atoms with Gasteiger partial charge in [-0.05, 0) is 62.6 Å². The van der Waals surface area contributed by atoms with Gasteiger partial charge in [-0.1, -0.05) is 38.6 Å². The van der Waals surface area contributed by atoms with Crippen LogP contribution in [0.25, 0.3) is 28.0 Å². The number of carboxylic acid groups (broad SMARTS) is 1. The highest BCUT2D eigenvalue weighted by atomic mass is 16.4. The van der Waals surface area contributed by atoms with Crippen molar-refractivity contribution >= 4 is 28.7 Å². The number of aryl methyl sites for hydroxylation is 1. The molecule has 4 heterocycles. The average molecular weight is 567 g/mol. The van der Waals surface area contributed by atoms with Gasteiger partial charge in [0.1, 0.15) is 5.82 Å². The number of piperazine rings is 1. The number of hydrogen-bond donors (Lipinski definition) is 1. The summed E-state index contributed by atoms with van der Waals surface area (Å²) in [5, 5.41) is 10.5. The van der Waals surface area contributed by atoms with Crippen molar-refractivity contribution in [3.05, 3.63) is 88.6 Å². The summed E-state index contributed by atoms with van der Waals surface area (Å²) in [6, 6.07) is 11.8. The number of carbonyl (C=O) groups is 2. The summed E-state index contributed by atoms with van der Waals surface area (Å²) in [4.78, 5) is 56.5. The zero-order valence-corrected chi connectivity index (χ0v) is 24.4. The van der Waals surface area contributed by atoms with E-state index in [1.54, 1.807) is 35.4 Å². The number of hydrogen-bond acceptors (Lipinski definition) is 7. The molecule has 0 spiro atoms. The van der Waals surface area contributed by atoms with Crippen LogP contribution in [0, 0.1) is 6.92 Å². The Kier molecular flexibility index (Phi) is 7.64. The Morgan fingerprint density at radius 1 is 1.05 bits per heavy atom. The predicted molar refractivity (Wildman–Crippen MR) is 162 cm³/mol. The van der Waals surface area contributed by atoms with E-state index in [0.717, 1.165) is 11.3 Å². The molecule has 1 aliphatic rings. The predicted octanol–water partition coefficient (Wildman–Crippen LogP) is 4.58. The van der Waals surface area contributed by atoms with Crippen LogP contribution in [0.2, 0.25) is 0 Å². The molecule has 3 aromatic heterocycles. The van der Waals surface area contributed by atoms with Gasteiger partial charge >= 0.3 is 11.7 Å². The molecule has 10 nitrogen and oxygen atoms in total. The van der Waals surface area contributed by atoms with Gasteiger partial charge in [0.05, 0.1) is 28.0 Å². The first-order valence-corrected chi connectivity index (χ1v) is 14.0. The van der Waals surface area contributed by atoms with Crippen LogP contribution in [0.5, 0.6) is 0 Å². The molecule has 0 aliphatic carbocycles. The number of rotatable bonds is 6. The number of carbonyl (C=O) groups excluding carboxylic acids is 1. The normalized spacial score (nSPS) is 17.1. The smallest absolute Gasteiger partial charge is 0.355 e. The summed E-state index contributed by atoms with van der Waals surface area (Å²) in [6.07, 6.45) is 3.04. The molecular weight excluding hydrogens is 532 g/mol. The van der Waals surface area contributed by atoms with Gasteiger partial charge in [-0.3, -0.25) is 9.78 Å². The van der Waals surface area contributed by atoms with Crippen molar-refractivity contribution in [3.8, 4) is 16.9 Å². The molecule has 0 saturated carbocycles. The lowest BCUT2D eigenvalue weighted by Gasteiger charge is -2.44. The molecule has 1 aliphatic heterocycles. The molecule has 0 radical (unpaired) electrons. The minimum Gasteiger partial charge on any atom is -0.478 e. The Hall–Kier alpha value is -4.86. The second-order valence-corrected chi connectivity index (χ2v) is 11.0. The van der Waals surface area contributed by atoms with E-state index in [1.165, 1.54) is 16.7 Å². The number of aromatic nitrogens is 4. The van der Waals surface area contributed by atoms with Gasteiger partial charge in [0, 0.05) is 36.9 Å². The topological polar surface area (TPSA) is 122 Å². The maximum absolute atomic E-state index is 14.0. The van der Waals surface area contributed by atoms with Crippen molar-refractivity contribution in [1.29, 1.82) is 0 Å². The van der Waals surface area contributed by atoms with E-state index < -0.39 is 11.7 Å². The molecule has 2 atom stereocenters. The maximum Gasteiger partial charge on any atom is 0.355 e. The van der Waals surface area contributed by atoms with E-state index >= 15 is 0 Å². The van der Waals surface area contributed by atoms with Gasteiger partial charge in [0.15, 0.2) is 5.65 Å². The van der Waals surface area contributed by atoms with Gasteiger partial charge in [-0.25, -0.2) is 19.1 Å². The first kappa shape index (κ1) is 28.7. The molecule has 1 N–H and O–H groups in total. The number of benzene rings is 1. The van der Waals surface area contributed by atoms with Crippen LogP contribution in [-0.4, -0.2) is 66.6 Å².